The van der Waals surface area contributed by atoms with Gasteiger partial charge in [-0.15, -0.1) is 0 Å². The first-order chi connectivity index (χ1) is 36.0. The summed E-state index contributed by atoms with van der Waals surface area (Å²) >= 11 is 0. The van der Waals surface area contributed by atoms with Gasteiger partial charge in [-0.05, 0) is 128 Å². The third-order valence-corrected chi connectivity index (χ3v) is 16.0. The van der Waals surface area contributed by atoms with E-state index in [1.165, 1.54) is 92.3 Å². The lowest BCUT2D eigenvalue weighted by Gasteiger charge is -2.29. The van der Waals surface area contributed by atoms with Gasteiger partial charge in [-0.25, -0.2) is 4.98 Å². The van der Waals surface area contributed by atoms with E-state index in [1.54, 1.807) is 0 Å². The van der Waals surface area contributed by atoms with E-state index in [4.69, 9.17) is 4.98 Å². The van der Waals surface area contributed by atoms with Crippen molar-refractivity contribution in [2.24, 2.45) is 0 Å². The highest BCUT2D eigenvalue weighted by molar-refractivity contribution is 6.42. The first-order valence-corrected chi connectivity index (χ1v) is 26.0. The summed E-state index contributed by atoms with van der Waals surface area (Å²) in [6.45, 7) is 14.0. The lowest BCUT2D eigenvalue weighted by atomic mass is 9.85. The molecular formula is C69H53N5. The maximum Gasteiger partial charge on any atom is 0.146 e. The topological polar surface area (TPSA) is 28.2 Å². The number of benzene rings is 10. The monoisotopic (exact) mass is 951 g/mol. The van der Waals surface area contributed by atoms with Crippen LogP contribution in [0.1, 0.15) is 52.7 Å². The fourth-order valence-electron chi connectivity index (χ4n) is 12.5. The van der Waals surface area contributed by atoms with Crippen LogP contribution in [0.5, 0.6) is 0 Å². The van der Waals surface area contributed by atoms with Crippen LogP contribution >= 0.6 is 0 Å². The Kier molecular flexibility index (Phi) is 8.83. The molecule has 74 heavy (non-hydrogen) atoms. The Hall–Kier alpha value is -8.93. The molecule has 5 heterocycles. The maximum absolute atomic E-state index is 5.81. The Bertz CT molecular complexity index is 4330. The number of aromatic nitrogens is 3. The Morgan fingerprint density at radius 3 is 1.14 bits per heavy atom. The van der Waals surface area contributed by atoms with E-state index in [9.17, 15) is 0 Å². The van der Waals surface area contributed by atoms with E-state index < -0.39 is 0 Å². The normalized spacial score (nSPS) is 12.7. The summed E-state index contributed by atoms with van der Waals surface area (Å²) in [6.07, 6.45) is 2.19. The zero-order valence-electron chi connectivity index (χ0n) is 42.4. The van der Waals surface area contributed by atoms with Gasteiger partial charge in [0.2, 0.25) is 0 Å². The van der Waals surface area contributed by atoms with Crippen LogP contribution in [0, 0.1) is 0 Å². The molecule has 0 saturated heterocycles. The molecule has 354 valence electrons. The molecule has 5 heteroatoms. The van der Waals surface area contributed by atoms with Gasteiger partial charge in [-0.3, -0.25) is 4.40 Å². The van der Waals surface area contributed by atoms with Gasteiger partial charge in [0.15, 0.2) is 0 Å². The number of nitrogens with zero attached hydrogens (tertiary/aromatic N) is 5. The van der Waals surface area contributed by atoms with Gasteiger partial charge in [0.1, 0.15) is 5.65 Å². The first-order valence-electron chi connectivity index (χ1n) is 26.0. The van der Waals surface area contributed by atoms with Crippen molar-refractivity contribution < 1.29 is 0 Å². The highest BCUT2D eigenvalue weighted by atomic mass is 15.2. The average molecular weight is 952 g/mol. The van der Waals surface area contributed by atoms with Crippen molar-refractivity contribution in [3.8, 4) is 0 Å². The maximum atomic E-state index is 5.81. The third-order valence-electron chi connectivity index (χ3n) is 16.0. The van der Waals surface area contributed by atoms with Crippen molar-refractivity contribution in [2.75, 3.05) is 9.80 Å². The molecule has 0 spiro atoms. The molecule has 0 bridgehead atoms. The molecule has 0 N–H and O–H groups in total. The van der Waals surface area contributed by atoms with Crippen LogP contribution in [-0.4, -0.2) is 13.8 Å². The van der Waals surface area contributed by atoms with Crippen molar-refractivity contribution in [3.05, 3.63) is 224 Å². The number of hydrogen-bond donors (Lipinski definition) is 0. The van der Waals surface area contributed by atoms with Crippen molar-refractivity contribution in [1.29, 1.82) is 0 Å². The van der Waals surface area contributed by atoms with Gasteiger partial charge in [0.05, 0.1) is 45.2 Å². The van der Waals surface area contributed by atoms with E-state index >= 15 is 0 Å². The number of hydrogen-bond acceptors (Lipinski definition) is 3. The molecule has 0 aliphatic heterocycles. The average Bonchev–Trinajstić information content (AvgIpc) is 4.19. The van der Waals surface area contributed by atoms with Gasteiger partial charge in [-0.2, -0.15) is 0 Å². The smallest absolute Gasteiger partial charge is 0.146 e. The summed E-state index contributed by atoms with van der Waals surface area (Å²) in [5.74, 6) is 0. The molecule has 0 aliphatic carbocycles. The van der Waals surface area contributed by atoms with Crippen LogP contribution in [-0.2, 0) is 10.8 Å². The molecule has 0 unspecified atom stereocenters. The van der Waals surface area contributed by atoms with Crippen molar-refractivity contribution >= 4 is 132 Å². The summed E-state index contributed by atoms with van der Waals surface area (Å²) in [5, 5.41) is 14.8. The molecule has 0 fully saturated rings. The van der Waals surface area contributed by atoms with E-state index in [1.807, 2.05) is 0 Å². The number of anilines is 6. The fraction of sp³-hybridized carbons (Fsp3) is 0.116. The van der Waals surface area contributed by atoms with Crippen LogP contribution in [0.15, 0.2) is 212 Å². The van der Waals surface area contributed by atoms with E-state index in [0.29, 0.717) is 0 Å². The van der Waals surface area contributed by atoms with Crippen molar-refractivity contribution in [1.82, 2.24) is 13.8 Å². The quantitative estimate of drug-likeness (QED) is 0.166. The predicted molar refractivity (Wildman–Crippen MR) is 315 cm³/mol. The Labute approximate surface area is 429 Å². The van der Waals surface area contributed by atoms with Gasteiger partial charge < -0.3 is 14.2 Å². The zero-order chi connectivity index (χ0) is 49.8. The molecule has 0 radical (unpaired) electrons. The minimum absolute atomic E-state index is 0.125. The van der Waals surface area contributed by atoms with Gasteiger partial charge >= 0.3 is 0 Å². The molecule has 15 rings (SSSR count). The summed E-state index contributed by atoms with van der Waals surface area (Å²) in [4.78, 5) is 10.7. The largest absolute Gasteiger partial charge is 0.308 e. The van der Waals surface area contributed by atoms with Crippen LogP contribution < -0.4 is 9.80 Å². The molecule has 15 aromatic rings. The Morgan fingerprint density at radius 2 is 0.703 bits per heavy atom. The summed E-state index contributed by atoms with van der Waals surface area (Å²) < 4.78 is 5.11. The first kappa shape index (κ1) is 42.7. The highest BCUT2D eigenvalue weighted by Crippen LogP contribution is 2.54. The molecule has 5 aromatic heterocycles. The third kappa shape index (κ3) is 5.95. The molecule has 5 nitrogen and oxygen atoms in total. The van der Waals surface area contributed by atoms with E-state index in [0.717, 1.165) is 50.8 Å². The summed E-state index contributed by atoms with van der Waals surface area (Å²) in [7, 11) is 0. The molecule has 10 aromatic carbocycles. The SMILES string of the molecule is CC(C)(C)c1cc(N(c2ccccc2)c2ccccc2)c2c(c1)c1cc3ccccc3c3c4c5c6c7ccccc7cc7c8cc(C(C)(C)C)cc(N(c9ccccc9)c9ccccc9)c8n(c5ncc4n2c13)c76. The summed E-state index contributed by atoms with van der Waals surface area (Å²) in [6, 6.07) is 76.2. The highest BCUT2D eigenvalue weighted by Gasteiger charge is 2.33. The standard InChI is InChI=1S/C69H53N5/c1-68(2,3)44-37-54-52-35-42-23-19-21-33-50(42)59-61-58(73(65(52)59)63(54)56(39-44)71(46-25-11-7-12-26-46)47-27-13-8-14-28-47)41-70-67-62(61)60-51-34-22-20-24-43(51)36-53-55-38-45(69(4,5)6)40-57(64(55)74(67)66(53)60)72(48-29-15-9-16-30-48)49-31-17-10-18-32-49/h7-41H,1-6H3. The second kappa shape index (κ2) is 15.3. The van der Waals surface area contributed by atoms with Crippen LogP contribution in [0.3, 0.4) is 0 Å². The van der Waals surface area contributed by atoms with Crippen LogP contribution in [0.25, 0.3) is 97.9 Å². The predicted octanol–water partition coefficient (Wildman–Crippen LogP) is 19.2. The van der Waals surface area contributed by atoms with Crippen LogP contribution in [0.4, 0.5) is 34.1 Å². The second-order valence-corrected chi connectivity index (χ2v) is 22.4. The Morgan fingerprint density at radius 1 is 0.338 bits per heavy atom. The lowest BCUT2D eigenvalue weighted by molar-refractivity contribution is 0.591. The molecule has 0 amide bonds. The fourth-order valence-corrected chi connectivity index (χ4v) is 12.5. The van der Waals surface area contributed by atoms with E-state index in [2.05, 4.69) is 273 Å². The number of pyridine rings is 1. The minimum Gasteiger partial charge on any atom is -0.308 e. The second-order valence-electron chi connectivity index (χ2n) is 22.4. The molecule has 0 aliphatic rings. The molecule has 0 saturated carbocycles. The van der Waals surface area contributed by atoms with Crippen molar-refractivity contribution in [3.63, 3.8) is 0 Å². The van der Waals surface area contributed by atoms with Crippen molar-refractivity contribution in [2.45, 2.75) is 52.4 Å². The Balaban J connectivity index is 1.19. The number of rotatable bonds is 6. The molecular weight excluding hydrogens is 899 g/mol. The van der Waals surface area contributed by atoms with Gasteiger partial charge in [-0.1, -0.05) is 163 Å². The van der Waals surface area contributed by atoms with Gasteiger partial charge in [0, 0.05) is 65.8 Å². The lowest BCUT2D eigenvalue weighted by Crippen LogP contribution is -2.15. The van der Waals surface area contributed by atoms with Gasteiger partial charge in [0.25, 0.3) is 0 Å². The van der Waals surface area contributed by atoms with E-state index in [-0.39, 0.29) is 10.8 Å². The number of fused-ring (bicyclic) bond motifs is 17. The minimum atomic E-state index is -0.129. The zero-order valence-corrected chi connectivity index (χ0v) is 42.4. The summed E-state index contributed by atoms with van der Waals surface area (Å²) in [5.41, 5.74) is 15.8. The van der Waals surface area contributed by atoms with Crippen LogP contribution in [0.2, 0.25) is 0 Å². The number of para-hydroxylation sites is 4. The molecule has 0 atom stereocenters.